The third kappa shape index (κ3) is 4.39. The summed E-state index contributed by atoms with van der Waals surface area (Å²) in [6.45, 7) is 4.18. The van der Waals surface area contributed by atoms with E-state index in [0.29, 0.717) is 23.9 Å². The van der Waals surface area contributed by atoms with Gasteiger partial charge in [-0.3, -0.25) is 4.79 Å². The molecular weight excluding hydrogens is 270 g/mol. The average Bonchev–Trinajstić information content (AvgIpc) is 2.42. The molecule has 1 aliphatic rings. The molecule has 0 spiro atoms. The average molecular weight is 293 g/mol. The summed E-state index contributed by atoms with van der Waals surface area (Å²) < 4.78 is 0. The molecule has 1 aliphatic carbocycles. The van der Waals surface area contributed by atoms with Crippen molar-refractivity contribution in [3.05, 3.63) is 27.4 Å². The van der Waals surface area contributed by atoms with E-state index in [-0.39, 0.29) is 24.1 Å². The summed E-state index contributed by atoms with van der Waals surface area (Å²) in [7, 11) is 0. The molecule has 3 N–H and O–H groups in total. The second kappa shape index (κ2) is 6.85. The highest BCUT2D eigenvalue weighted by Crippen LogP contribution is 2.23. The van der Waals surface area contributed by atoms with Gasteiger partial charge in [0.15, 0.2) is 0 Å². The first-order valence-corrected chi connectivity index (χ1v) is 7.47. The van der Waals surface area contributed by atoms with Crippen molar-refractivity contribution in [3.8, 4) is 0 Å². The predicted octanol–water partition coefficient (Wildman–Crippen LogP) is 0.597. The van der Waals surface area contributed by atoms with Crippen LogP contribution in [0.3, 0.4) is 0 Å². The summed E-state index contributed by atoms with van der Waals surface area (Å²) in [6.07, 6.45) is 3.62. The van der Waals surface area contributed by atoms with Crippen molar-refractivity contribution in [1.82, 2.24) is 15.3 Å². The molecule has 0 atom stereocenters. The Bertz CT molecular complexity index is 534. The van der Waals surface area contributed by atoms with E-state index in [2.05, 4.69) is 15.3 Å². The highest BCUT2D eigenvalue weighted by atomic mass is 16.3. The van der Waals surface area contributed by atoms with Crippen LogP contribution in [0.4, 0.5) is 0 Å². The number of H-pyrrole nitrogens is 1. The van der Waals surface area contributed by atoms with Crippen molar-refractivity contribution in [1.29, 1.82) is 0 Å². The quantitative estimate of drug-likeness (QED) is 0.757. The number of amides is 1. The number of aromatic amines is 1. The Morgan fingerprint density at radius 1 is 1.33 bits per heavy atom. The Balaban J connectivity index is 1.86. The van der Waals surface area contributed by atoms with Crippen LogP contribution in [0.15, 0.2) is 4.79 Å². The van der Waals surface area contributed by atoms with E-state index in [9.17, 15) is 14.7 Å². The molecule has 1 fully saturated rings. The molecule has 1 amide bonds. The highest BCUT2D eigenvalue weighted by molar-refractivity contribution is 5.79. The minimum atomic E-state index is -0.380. The minimum absolute atomic E-state index is 0.0545. The molecule has 0 radical (unpaired) electrons. The first-order chi connectivity index (χ1) is 9.95. The third-order valence-corrected chi connectivity index (χ3v) is 4.19. The molecule has 1 heterocycles. The van der Waals surface area contributed by atoms with Crippen molar-refractivity contribution < 1.29 is 9.90 Å². The molecule has 116 valence electrons. The summed E-state index contributed by atoms with van der Waals surface area (Å²) in [6, 6.07) is 0. The van der Waals surface area contributed by atoms with Crippen LogP contribution in [0, 0.1) is 19.8 Å². The molecule has 0 aliphatic heterocycles. The molecule has 6 nitrogen and oxygen atoms in total. The monoisotopic (exact) mass is 293 g/mol. The maximum Gasteiger partial charge on any atom is 0.345 e. The maximum absolute atomic E-state index is 12.0. The number of nitrogens with one attached hydrogen (secondary N) is 2. The van der Waals surface area contributed by atoms with Crippen molar-refractivity contribution in [3.63, 3.8) is 0 Å². The number of carbonyl (C=O) groups is 1. The summed E-state index contributed by atoms with van der Waals surface area (Å²) in [5.41, 5.74) is 1.71. The largest absolute Gasteiger partial charge is 0.393 e. The van der Waals surface area contributed by atoms with Gasteiger partial charge >= 0.3 is 5.69 Å². The normalized spacial score (nSPS) is 22.0. The van der Waals surface area contributed by atoms with Gasteiger partial charge < -0.3 is 15.4 Å². The number of aliphatic hydroxyl groups excluding tert-OH is 1. The van der Waals surface area contributed by atoms with E-state index >= 15 is 0 Å². The van der Waals surface area contributed by atoms with Gasteiger partial charge in [-0.25, -0.2) is 4.79 Å². The number of aromatic nitrogens is 2. The zero-order chi connectivity index (χ0) is 15.4. The Hall–Kier alpha value is -1.69. The van der Waals surface area contributed by atoms with Crippen LogP contribution in [0.25, 0.3) is 0 Å². The lowest BCUT2D eigenvalue weighted by Crippen LogP contribution is -2.33. The molecule has 6 heteroatoms. The summed E-state index contributed by atoms with van der Waals surface area (Å²) in [5, 5.41) is 12.4. The Kier molecular flexibility index (Phi) is 5.12. The smallest absolute Gasteiger partial charge is 0.345 e. The van der Waals surface area contributed by atoms with Gasteiger partial charge in [0.25, 0.3) is 0 Å². The van der Waals surface area contributed by atoms with Crippen molar-refractivity contribution in [2.45, 2.75) is 52.1 Å². The Morgan fingerprint density at radius 3 is 2.62 bits per heavy atom. The number of hydrogen-bond acceptors (Lipinski definition) is 4. The van der Waals surface area contributed by atoms with Crippen LogP contribution < -0.4 is 11.0 Å². The second-order valence-corrected chi connectivity index (χ2v) is 5.89. The summed E-state index contributed by atoms with van der Waals surface area (Å²) >= 11 is 0. The second-order valence-electron chi connectivity index (χ2n) is 5.89. The fourth-order valence-electron chi connectivity index (χ4n) is 2.85. The molecule has 0 bridgehead atoms. The number of aliphatic hydroxyl groups is 1. The van der Waals surface area contributed by atoms with Crippen molar-refractivity contribution in [2.24, 2.45) is 5.92 Å². The van der Waals surface area contributed by atoms with Crippen LogP contribution in [-0.2, 0) is 11.2 Å². The molecule has 0 unspecified atom stereocenters. The molecule has 1 saturated carbocycles. The lowest BCUT2D eigenvalue weighted by molar-refractivity contribution is -0.120. The zero-order valence-corrected chi connectivity index (χ0v) is 12.6. The van der Waals surface area contributed by atoms with Crippen LogP contribution in [-0.4, -0.2) is 33.6 Å². The molecular formula is C15H23N3O3. The van der Waals surface area contributed by atoms with Gasteiger partial charge in [0, 0.05) is 23.5 Å². The fraction of sp³-hybridized carbons (Fsp3) is 0.667. The van der Waals surface area contributed by atoms with E-state index in [1.54, 1.807) is 13.8 Å². The van der Waals surface area contributed by atoms with E-state index in [1.807, 2.05) is 0 Å². The number of rotatable bonds is 4. The Labute approximate surface area is 124 Å². The lowest BCUT2D eigenvalue weighted by atomic mass is 9.87. The Morgan fingerprint density at radius 2 is 2.00 bits per heavy atom. The van der Waals surface area contributed by atoms with Crippen molar-refractivity contribution in [2.75, 3.05) is 6.54 Å². The molecule has 1 aromatic heterocycles. The van der Waals surface area contributed by atoms with E-state index in [0.717, 1.165) is 31.2 Å². The van der Waals surface area contributed by atoms with Gasteiger partial charge in [-0.05, 0) is 45.4 Å². The molecule has 0 aromatic carbocycles. The lowest BCUT2D eigenvalue weighted by Gasteiger charge is -2.25. The SMILES string of the molecule is Cc1nc(=O)[nH]c(C)c1CC(=O)NCC1CCC(O)CC1. The van der Waals surface area contributed by atoms with Gasteiger partial charge in [-0.2, -0.15) is 4.98 Å². The fourth-order valence-corrected chi connectivity index (χ4v) is 2.85. The van der Waals surface area contributed by atoms with Crippen LogP contribution >= 0.6 is 0 Å². The van der Waals surface area contributed by atoms with Gasteiger partial charge in [-0.1, -0.05) is 0 Å². The standard InChI is InChI=1S/C15H23N3O3/c1-9-13(10(2)18-15(21)17-9)7-14(20)16-8-11-3-5-12(19)6-4-11/h11-12,19H,3-8H2,1-2H3,(H,16,20)(H,17,18,21). The van der Waals surface area contributed by atoms with E-state index in [1.165, 1.54) is 0 Å². The van der Waals surface area contributed by atoms with Gasteiger partial charge in [-0.15, -0.1) is 0 Å². The number of hydrogen-bond donors (Lipinski definition) is 3. The van der Waals surface area contributed by atoms with Crippen LogP contribution in [0.2, 0.25) is 0 Å². The van der Waals surface area contributed by atoms with E-state index in [4.69, 9.17) is 0 Å². The van der Waals surface area contributed by atoms with Gasteiger partial charge in [0.05, 0.1) is 12.5 Å². The molecule has 2 rings (SSSR count). The minimum Gasteiger partial charge on any atom is -0.393 e. The van der Waals surface area contributed by atoms with Crippen LogP contribution in [0.5, 0.6) is 0 Å². The van der Waals surface area contributed by atoms with Gasteiger partial charge in [0.1, 0.15) is 0 Å². The summed E-state index contributed by atoms with van der Waals surface area (Å²) in [4.78, 5) is 29.7. The number of aryl methyl sites for hydroxylation is 2. The predicted molar refractivity (Wildman–Crippen MR) is 79.0 cm³/mol. The number of nitrogens with zero attached hydrogens (tertiary/aromatic N) is 1. The molecule has 0 saturated heterocycles. The zero-order valence-electron chi connectivity index (χ0n) is 12.6. The van der Waals surface area contributed by atoms with E-state index < -0.39 is 0 Å². The first-order valence-electron chi connectivity index (χ1n) is 7.47. The van der Waals surface area contributed by atoms with Crippen LogP contribution in [0.1, 0.15) is 42.6 Å². The number of carbonyl (C=O) groups excluding carboxylic acids is 1. The molecule has 1 aromatic rings. The van der Waals surface area contributed by atoms with Crippen molar-refractivity contribution >= 4 is 5.91 Å². The van der Waals surface area contributed by atoms with Gasteiger partial charge in [0.2, 0.25) is 5.91 Å². The highest BCUT2D eigenvalue weighted by Gasteiger charge is 2.20. The topological polar surface area (TPSA) is 95.1 Å². The first kappa shape index (κ1) is 15.7. The maximum atomic E-state index is 12.0. The molecule has 21 heavy (non-hydrogen) atoms. The third-order valence-electron chi connectivity index (χ3n) is 4.19. The summed E-state index contributed by atoms with van der Waals surface area (Å²) in [5.74, 6) is 0.398.